The number of likely N-dealkylation sites (tertiary alicyclic amines) is 1. The van der Waals surface area contributed by atoms with Crippen molar-refractivity contribution in [2.45, 2.75) is 239 Å². The molecule has 416 valence electrons. The monoisotopic (exact) mass is 1030 g/mol. The lowest BCUT2D eigenvalue weighted by Crippen LogP contribution is -2.42. The Bertz CT molecular complexity index is 1600. The Morgan fingerprint density at radius 1 is 0.493 bits per heavy atom. The van der Waals surface area contributed by atoms with Gasteiger partial charge in [-0.1, -0.05) is 156 Å². The topological polar surface area (TPSA) is 203 Å². The third-order valence-electron chi connectivity index (χ3n) is 13.1. The molecule has 2 heterocycles. The Kier molecular flexibility index (Phi) is 37.5. The molecule has 0 saturated carbocycles. The van der Waals surface area contributed by atoms with Gasteiger partial charge in [-0.05, 0) is 37.8 Å². The molecule has 1 aromatic rings. The molecule has 0 unspecified atom stereocenters. The summed E-state index contributed by atoms with van der Waals surface area (Å²) in [7, 11) is 0. The van der Waals surface area contributed by atoms with E-state index in [9.17, 15) is 33.6 Å². The van der Waals surface area contributed by atoms with E-state index in [0.29, 0.717) is 31.4 Å². The van der Waals surface area contributed by atoms with Crippen LogP contribution in [0.1, 0.15) is 227 Å². The van der Waals surface area contributed by atoms with Gasteiger partial charge in [-0.3, -0.25) is 33.8 Å². The van der Waals surface area contributed by atoms with Crippen molar-refractivity contribution in [1.29, 1.82) is 0 Å². The molecule has 2 rings (SSSR count). The Labute approximate surface area is 438 Å². The maximum atomic E-state index is 13.7. The van der Waals surface area contributed by atoms with Crippen LogP contribution >= 0.6 is 0 Å². The van der Waals surface area contributed by atoms with E-state index in [4.69, 9.17) is 28.4 Å². The number of ether oxygens (including phenoxy) is 6. The van der Waals surface area contributed by atoms with Crippen LogP contribution in [0.25, 0.3) is 0 Å². The summed E-state index contributed by atoms with van der Waals surface area (Å²) in [5.41, 5.74) is 0.482. The number of hydrogen-bond acceptors (Lipinski definition) is 14. The van der Waals surface area contributed by atoms with E-state index in [1.807, 2.05) is 0 Å². The SMILES string of the molecule is CCCCCCCCC(=O)OCC(COC(=O)CCCCCCCC)CC(=O)OC[C@H]1C[C@@H](OC(=O)CC(COC(=O)CCCCCCCC)COC(=O)CCCCCCCC)CN1C(=O)Nc1ccncc1. The Hall–Kier alpha value is -4.76. The van der Waals surface area contributed by atoms with Gasteiger partial charge in [0.25, 0.3) is 0 Å². The summed E-state index contributed by atoms with van der Waals surface area (Å²) in [6.07, 6.45) is 27.4. The molecule has 0 aromatic carbocycles. The minimum atomic E-state index is -0.782. The van der Waals surface area contributed by atoms with Crippen LogP contribution in [-0.2, 0) is 57.2 Å². The number of pyridine rings is 1. The first-order chi connectivity index (χ1) is 35.5. The predicted octanol–water partition coefficient (Wildman–Crippen LogP) is 12.3. The molecular weight excluding hydrogens is 935 g/mol. The first kappa shape index (κ1) is 64.4. The van der Waals surface area contributed by atoms with Gasteiger partial charge in [0.1, 0.15) is 12.7 Å². The lowest BCUT2D eigenvalue weighted by Gasteiger charge is -2.24. The number of hydrogen-bond donors (Lipinski definition) is 1. The normalized spacial score (nSPS) is 14.2. The van der Waals surface area contributed by atoms with Crippen molar-refractivity contribution in [3.05, 3.63) is 24.5 Å². The number of urea groups is 1. The highest BCUT2D eigenvalue weighted by molar-refractivity contribution is 5.89. The summed E-state index contributed by atoms with van der Waals surface area (Å²) in [5, 5.41) is 2.83. The molecule has 16 heteroatoms. The Morgan fingerprint density at radius 2 is 0.849 bits per heavy atom. The van der Waals surface area contributed by atoms with Crippen LogP contribution in [0.5, 0.6) is 0 Å². The van der Waals surface area contributed by atoms with Gasteiger partial charge >= 0.3 is 41.8 Å². The number of nitrogens with zero attached hydrogens (tertiary/aromatic N) is 2. The van der Waals surface area contributed by atoms with Gasteiger partial charge in [0.15, 0.2) is 0 Å². The molecular formula is C57H95N3O13. The maximum Gasteiger partial charge on any atom is 0.322 e. The lowest BCUT2D eigenvalue weighted by atomic mass is 10.1. The van der Waals surface area contributed by atoms with Crippen LogP contribution in [0.2, 0.25) is 0 Å². The molecule has 1 saturated heterocycles. The fourth-order valence-electron chi connectivity index (χ4n) is 8.61. The van der Waals surface area contributed by atoms with E-state index in [1.165, 1.54) is 17.3 Å². The first-order valence-corrected chi connectivity index (χ1v) is 28.4. The summed E-state index contributed by atoms with van der Waals surface area (Å²) in [6.45, 7) is 7.84. The predicted molar refractivity (Wildman–Crippen MR) is 281 cm³/mol. The molecule has 16 nitrogen and oxygen atoms in total. The van der Waals surface area contributed by atoms with E-state index in [0.717, 1.165) is 128 Å². The van der Waals surface area contributed by atoms with Gasteiger partial charge in [-0.2, -0.15) is 0 Å². The molecule has 1 aromatic heterocycles. The number of rotatable bonds is 44. The minimum Gasteiger partial charge on any atom is -0.465 e. The number of aromatic nitrogens is 1. The van der Waals surface area contributed by atoms with E-state index in [2.05, 4.69) is 38.0 Å². The average molecular weight is 1030 g/mol. The van der Waals surface area contributed by atoms with Crippen molar-refractivity contribution in [3.63, 3.8) is 0 Å². The molecule has 0 aliphatic carbocycles. The van der Waals surface area contributed by atoms with Crippen LogP contribution < -0.4 is 5.32 Å². The molecule has 2 atom stereocenters. The highest BCUT2D eigenvalue weighted by Crippen LogP contribution is 2.25. The van der Waals surface area contributed by atoms with E-state index >= 15 is 0 Å². The van der Waals surface area contributed by atoms with Gasteiger partial charge in [-0.15, -0.1) is 0 Å². The summed E-state index contributed by atoms with van der Waals surface area (Å²) in [6, 6.07) is 2.05. The lowest BCUT2D eigenvalue weighted by molar-refractivity contribution is -0.157. The zero-order valence-electron chi connectivity index (χ0n) is 45.5. The number of carbonyl (C=O) groups is 7. The smallest absolute Gasteiger partial charge is 0.322 e. The number of esters is 6. The van der Waals surface area contributed by atoms with E-state index in [-0.39, 0.29) is 108 Å². The largest absolute Gasteiger partial charge is 0.465 e. The summed E-state index contributed by atoms with van der Waals surface area (Å²) in [5.74, 6) is -4.09. The number of nitrogens with one attached hydrogen (secondary N) is 1. The molecule has 0 radical (unpaired) electrons. The standard InChI is InChI=1S/C57H95N3O13/c1-5-9-13-17-21-25-29-51(61)68-41-46(42-69-52(62)30-26-22-18-14-10-6-2)37-55(65)72-45-49-39-50(40-60(49)57(67)59-48-33-35-58-36-34-48)73-56(66)38-47(43-70-53(63)31-27-23-19-15-11-7-3)44-71-54(64)32-28-24-20-16-12-8-4/h33-36,46-47,49-50H,5-32,37-45H2,1-4H3,(H,58,59,67)/t49-,50-/m1/s1. The van der Waals surface area contributed by atoms with E-state index < -0.39 is 42.0 Å². The number of carbonyl (C=O) groups excluding carboxylic acids is 7. The molecule has 1 aliphatic heterocycles. The molecule has 73 heavy (non-hydrogen) atoms. The van der Waals surface area contributed by atoms with Crippen LogP contribution in [-0.4, -0.2) is 103 Å². The number of amides is 2. The van der Waals surface area contributed by atoms with Crippen LogP contribution in [0.15, 0.2) is 24.5 Å². The van der Waals surface area contributed by atoms with Crippen LogP contribution in [0, 0.1) is 11.8 Å². The zero-order chi connectivity index (χ0) is 53.2. The van der Waals surface area contributed by atoms with Gasteiger partial charge < -0.3 is 38.6 Å². The maximum absolute atomic E-state index is 13.7. The number of unbranched alkanes of at least 4 members (excludes halogenated alkanes) is 20. The van der Waals surface area contributed by atoms with Gasteiger partial charge in [0, 0.05) is 62.0 Å². The third-order valence-corrected chi connectivity index (χ3v) is 13.1. The number of anilines is 1. The van der Waals surface area contributed by atoms with Crippen LogP contribution in [0.4, 0.5) is 10.5 Å². The fourth-order valence-corrected chi connectivity index (χ4v) is 8.61. The van der Waals surface area contributed by atoms with Crippen molar-refractivity contribution < 1.29 is 62.0 Å². The molecule has 1 N–H and O–H groups in total. The van der Waals surface area contributed by atoms with Crippen LogP contribution in [0.3, 0.4) is 0 Å². The van der Waals surface area contributed by atoms with Crippen molar-refractivity contribution in [2.75, 3.05) is 44.9 Å². The summed E-state index contributed by atoms with van der Waals surface area (Å²) < 4.78 is 34.0. The fraction of sp³-hybridized carbons (Fsp3) is 0.789. The average Bonchev–Trinajstić information content (AvgIpc) is 3.79. The highest BCUT2D eigenvalue weighted by Gasteiger charge is 2.39. The second-order valence-corrected chi connectivity index (χ2v) is 19.9. The Balaban J connectivity index is 2.11. The third kappa shape index (κ3) is 33.6. The minimum absolute atomic E-state index is 0.0121. The summed E-state index contributed by atoms with van der Waals surface area (Å²) in [4.78, 5) is 97.1. The highest BCUT2D eigenvalue weighted by atomic mass is 16.6. The zero-order valence-corrected chi connectivity index (χ0v) is 45.5. The molecule has 0 bridgehead atoms. The van der Waals surface area contributed by atoms with Gasteiger partial charge in [0.2, 0.25) is 0 Å². The van der Waals surface area contributed by atoms with Gasteiger partial charge in [0.05, 0.1) is 51.9 Å². The van der Waals surface area contributed by atoms with Crippen molar-refractivity contribution in [2.24, 2.45) is 11.8 Å². The second kappa shape index (κ2) is 42.6. The Morgan fingerprint density at radius 3 is 1.23 bits per heavy atom. The van der Waals surface area contributed by atoms with Gasteiger partial charge in [-0.25, -0.2) is 4.79 Å². The quantitative estimate of drug-likeness (QED) is 0.0367. The summed E-state index contributed by atoms with van der Waals surface area (Å²) >= 11 is 0. The van der Waals surface area contributed by atoms with Crippen molar-refractivity contribution >= 4 is 47.5 Å². The second-order valence-electron chi connectivity index (χ2n) is 19.9. The van der Waals surface area contributed by atoms with E-state index in [1.54, 1.807) is 12.1 Å². The first-order valence-electron chi connectivity index (χ1n) is 28.4. The molecule has 2 amide bonds. The van der Waals surface area contributed by atoms with Crippen molar-refractivity contribution in [3.8, 4) is 0 Å². The molecule has 1 aliphatic rings. The molecule has 1 fully saturated rings. The molecule has 0 spiro atoms. The van der Waals surface area contributed by atoms with Crippen molar-refractivity contribution in [1.82, 2.24) is 9.88 Å².